The molecule has 0 saturated carbocycles. The molecule has 122 valence electrons. The van der Waals surface area contributed by atoms with E-state index in [4.69, 9.17) is 0 Å². The number of carbonyl (C=O) groups excluding carboxylic acids is 1. The number of rotatable bonds is 2. The van der Waals surface area contributed by atoms with Gasteiger partial charge in [0.05, 0.1) is 11.2 Å². The van der Waals surface area contributed by atoms with E-state index in [1.54, 1.807) is 6.20 Å². The minimum atomic E-state index is -0.107. The maximum Gasteiger partial charge on any atom is 0.255 e. The number of anilines is 1. The SMILES string of the molecule is Cc1cccc2c(NC(=O)c3ccc(C(C)(C)C)cc3)ccnc12. The summed E-state index contributed by atoms with van der Waals surface area (Å²) in [5, 5.41) is 3.96. The molecule has 0 aliphatic heterocycles. The molecular formula is C21H22N2O. The van der Waals surface area contributed by atoms with Crippen LogP contribution in [0.2, 0.25) is 0 Å². The zero-order valence-corrected chi connectivity index (χ0v) is 14.6. The van der Waals surface area contributed by atoms with Crippen LogP contribution < -0.4 is 5.32 Å². The molecule has 24 heavy (non-hydrogen) atoms. The molecule has 3 nitrogen and oxygen atoms in total. The third-order valence-electron chi connectivity index (χ3n) is 4.23. The fraction of sp³-hybridized carbons (Fsp3) is 0.238. The zero-order chi connectivity index (χ0) is 17.3. The van der Waals surface area contributed by atoms with Crippen LogP contribution in [0.5, 0.6) is 0 Å². The molecule has 1 N–H and O–H groups in total. The first-order chi connectivity index (χ1) is 11.4. The maximum atomic E-state index is 12.6. The molecule has 1 amide bonds. The molecule has 0 bridgehead atoms. The fourth-order valence-corrected chi connectivity index (χ4v) is 2.75. The molecule has 0 atom stereocenters. The number of para-hydroxylation sites is 1. The summed E-state index contributed by atoms with van der Waals surface area (Å²) in [6, 6.07) is 15.6. The maximum absolute atomic E-state index is 12.6. The molecule has 1 aromatic heterocycles. The first kappa shape index (κ1) is 16.2. The number of carbonyl (C=O) groups is 1. The monoisotopic (exact) mass is 318 g/mol. The minimum Gasteiger partial charge on any atom is -0.321 e. The van der Waals surface area contributed by atoms with Gasteiger partial charge in [-0.05, 0) is 41.7 Å². The second-order valence-electron chi connectivity index (χ2n) is 7.11. The second-order valence-corrected chi connectivity index (χ2v) is 7.11. The Kier molecular flexibility index (Phi) is 4.10. The number of fused-ring (bicyclic) bond motifs is 1. The van der Waals surface area contributed by atoms with E-state index in [2.05, 4.69) is 31.1 Å². The van der Waals surface area contributed by atoms with Gasteiger partial charge in [0, 0.05) is 17.1 Å². The first-order valence-corrected chi connectivity index (χ1v) is 8.12. The van der Waals surface area contributed by atoms with Gasteiger partial charge < -0.3 is 5.32 Å². The molecule has 0 saturated heterocycles. The van der Waals surface area contributed by atoms with E-state index >= 15 is 0 Å². The van der Waals surface area contributed by atoms with Gasteiger partial charge in [0.15, 0.2) is 0 Å². The molecule has 0 aliphatic carbocycles. The van der Waals surface area contributed by atoms with E-state index in [9.17, 15) is 4.79 Å². The molecule has 0 radical (unpaired) electrons. The number of aromatic nitrogens is 1. The number of benzene rings is 2. The first-order valence-electron chi connectivity index (χ1n) is 8.12. The van der Waals surface area contributed by atoms with Crippen LogP contribution in [0.1, 0.15) is 42.3 Å². The Hall–Kier alpha value is -2.68. The summed E-state index contributed by atoms with van der Waals surface area (Å²) in [5.74, 6) is -0.107. The smallest absolute Gasteiger partial charge is 0.255 e. The molecule has 0 fully saturated rings. The zero-order valence-electron chi connectivity index (χ0n) is 14.6. The van der Waals surface area contributed by atoms with Gasteiger partial charge in [0.25, 0.3) is 5.91 Å². The van der Waals surface area contributed by atoms with Gasteiger partial charge in [-0.1, -0.05) is 51.1 Å². The third kappa shape index (κ3) is 3.16. The molecule has 3 heteroatoms. The van der Waals surface area contributed by atoms with Gasteiger partial charge in [0.2, 0.25) is 0 Å². The third-order valence-corrected chi connectivity index (χ3v) is 4.23. The van der Waals surface area contributed by atoms with E-state index in [0.717, 1.165) is 22.2 Å². The van der Waals surface area contributed by atoms with Crippen molar-refractivity contribution >= 4 is 22.5 Å². The Morgan fingerprint density at radius 2 is 1.71 bits per heavy atom. The van der Waals surface area contributed by atoms with Crippen LogP contribution in [0, 0.1) is 6.92 Å². The van der Waals surface area contributed by atoms with Crippen molar-refractivity contribution in [2.75, 3.05) is 5.32 Å². The van der Waals surface area contributed by atoms with Crippen LogP contribution in [0.3, 0.4) is 0 Å². The Morgan fingerprint density at radius 3 is 2.38 bits per heavy atom. The van der Waals surface area contributed by atoms with E-state index < -0.39 is 0 Å². The van der Waals surface area contributed by atoms with E-state index in [1.807, 2.05) is 55.5 Å². The Labute approximate surface area is 142 Å². The van der Waals surface area contributed by atoms with Gasteiger partial charge in [0.1, 0.15) is 0 Å². The molecule has 0 unspecified atom stereocenters. The normalized spacial score (nSPS) is 11.5. The van der Waals surface area contributed by atoms with E-state index in [-0.39, 0.29) is 11.3 Å². The highest BCUT2D eigenvalue weighted by atomic mass is 16.1. The fourth-order valence-electron chi connectivity index (χ4n) is 2.75. The van der Waals surface area contributed by atoms with Gasteiger partial charge in [-0.3, -0.25) is 9.78 Å². The number of amides is 1. The number of nitrogens with one attached hydrogen (secondary N) is 1. The summed E-state index contributed by atoms with van der Waals surface area (Å²) in [4.78, 5) is 17.0. The highest BCUT2D eigenvalue weighted by Gasteiger charge is 2.15. The molecule has 0 aliphatic rings. The quantitative estimate of drug-likeness (QED) is 0.715. The van der Waals surface area contributed by atoms with Gasteiger partial charge in [-0.2, -0.15) is 0 Å². The second kappa shape index (κ2) is 6.08. The standard InChI is InChI=1S/C21H22N2O/c1-14-6-5-7-17-18(12-13-22-19(14)17)23-20(24)15-8-10-16(11-9-15)21(2,3)4/h5-13H,1-4H3,(H,22,23,24). The van der Waals surface area contributed by atoms with Gasteiger partial charge in [-0.25, -0.2) is 0 Å². The van der Waals surface area contributed by atoms with Crippen LogP contribution >= 0.6 is 0 Å². The number of hydrogen-bond acceptors (Lipinski definition) is 2. The van der Waals surface area contributed by atoms with Crippen molar-refractivity contribution in [2.45, 2.75) is 33.1 Å². The minimum absolute atomic E-state index is 0.0772. The van der Waals surface area contributed by atoms with Gasteiger partial charge >= 0.3 is 0 Å². The number of pyridine rings is 1. The lowest BCUT2D eigenvalue weighted by Crippen LogP contribution is -2.14. The van der Waals surface area contributed by atoms with Crippen LogP contribution in [0.15, 0.2) is 54.7 Å². The summed E-state index contributed by atoms with van der Waals surface area (Å²) in [7, 11) is 0. The van der Waals surface area contributed by atoms with E-state index in [1.165, 1.54) is 5.56 Å². The Bertz CT molecular complexity index is 890. The lowest BCUT2D eigenvalue weighted by molar-refractivity contribution is 0.102. The topological polar surface area (TPSA) is 42.0 Å². The molecule has 1 heterocycles. The summed E-state index contributed by atoms with van der Waals surface area (Å²) < 4.78 is 0. The van der Waals surface area contributed by atoms with Crippen molar-refractivity contribution in [1.82, 2.24) is 4.98 Å². The van der Waals surface area contributed by atoms with Crippen molar-refractivity contribution in [2.24, 2.45) is 0 Å². The highest BCUT2D eigenvalue weighted by molar-refractivity contribution is 6.08. The van der Waals surface area contributed by atoms with E-state index in [0.29, 0.717) is 5.56 Å². The van der Waals surface area contributed by atoms with Crippen molar-refractivity contribution in [3.05, 3.63) is 71.4 Å². The average molecular weight is 318 g/mol. The lowest BCUT2D eigenvalue weighted by atomic mass is 9.87. The summed E-state index contributed by atoms with van der Waals surface area (Å²) in [6.45, 7) is 8.50. The molecule has 0 spiro atoms. The van der Waals surface area contributed by atoms with Crippen molar-refractivity contribution in [3.8, 4) is 0 Å². The van der Waals surface area contributed by atoms with Crippen molar-refractivity contribution in [3.63, 3.8) is 0 Å². The van der Waals surface area contributed by atoms with Crippen LogP contribution in [0.4, 0.5) is 5.69 Å². The molecular weight excluding hydrogens is 296 g/mol. The Balaban J connectivity index is 1.89. The largest absolute Gasteiger partial charge is 0.321 e. The van der Waals surface area contributed by atoms with Crippen LogP contribution in [-0.4, -0.2) is 10.9 Å². The number of nitrogens with zero attached hydrogens (tertiary/aromatic N) is 1. The predicted molar refractivity (Wildman–Crippen MR) is 99.6 cm³/mol. The van der Waals surface area contributed by atoms with Crippen molar-refractivity contribution in [1.29, 1.82) is 0 Å². The lowest BCUT2D eigenvalue weighted by Gasteiger charge is -2.19. The Morgan fingerprint density at radius 1 is 1.00 bits per heavy atom. The predicted octanol–water partition coefficient (Wildman–Crippen LogP) is 5.09. The van der Waals surface area contributed by atoms with Crippen LogP contribution in [0.25, 0.3) is 10.9 Å². The average Bonchev–Trinajstić information content (AvgIpc) is 2.55. The highest BCUT2D eigenvalue weighted by Crippen LogP contribution is 2.25. The summed E-state index contributed by atoms with van der Waals surface area (Å²) >= 11 is 0. The molecule has 3 aromatic rings. The van der Waals surface area contributed by atoms with Gasteiger partial charge in [-0.15, -0.1) is 0 Å². The molecule has 3 rings (SSSR count). The van der Waals surface area contributed by atoms with Crippen LogP contribution in [-0.2, 0) is 5.41 Å². The number of aryl methyl sites for hydroxylation is 1. The van der Waals surface area contributed by atoms with Crippen molar-refractivity contribution < 1.29 is 4.79 Å². The molecule has 2 aromatic carbocycles. The number of hydrogen-bond donors (Lipinski definition) is 1. The summed E-state index contributed by atoms with van der Waals surface area (Å²) in [5.41, 5.74) is 4.74. The summed E-state index contributed by atoms with van der Waals surface area (Å²) in [6.07, 6.45) is 1.73.